The zero-order valence-corrected chi connectivity index (χ0v) is 11.1. The number of aromatic amines is 1. The summed E-state index contributed by atoms with van der Waals surface area (Å²) < 4.78 is 1.41. The van der Waals surface area contributed by atoms with Gasteiger partial charge in [-0.05, 0) is 31.7 Å². The first-order chi connectivity index (χ1) is 9.01. The van der Waals surface area contributed by atoms with E-state index < -0.39 is 5.97 Å². The molecule has 0 aromatic carbocycles. The first-order valence-corrected chi connectivity index (χ1v) is 6.25. The fourth-order valence-corrected chi connectivity index (χ4v) is 2.35. The summed E-state index contributed by atoms with van der Waals surface area (Å²) in [5.41, 5.74) is 0.128. The van der Waals surface area contributed by atoms with Gasteiger partial charge in [-0.15, -0.1) is 5.10 Å². The summed E-state index contributed by atoms with van der Waals surface area (Å²) in [4.78, 5) is 30.3. The van der Waals surface area contributed by atoms with Gasteiger partial charge < -0.3 is 5.11 Å². The van der Waals surface area contributed by atoms with E-state index in [4.69, 9.17) is 5.11 Å². The third-order valence-electron chi connectivity index (χ3n) is 2.27. The van der Waals surface area contributed by atoms with Gasteiger partial charge in [0, 0.05) is 12.2 Å². The minimum atomic E-state index is -1.12. The van der Waals surface area contributed by atoms with E-state index in [2.05, 4.69) is 20.2 Å². The van der Waals surface area contributed by atoms with Crippen LogP contribution in [0.15, 0.2) is 21.2 Å². The highest BCUT2D eigenvalue weighted by Crippen LogP contribution is 2.21. The summed E-state index contributed by atoms with van der Waals surface area (Å²) in [5.74, 6) is -1.12. The monoisotopic (exact) mass is 281 g/mol. The van der Waals surface area contributed by atoms with Gasteiger partial charge in [-0.25, -0.2) is 24.7 Å². The lowest BCUT2D eigenvalue weighted by Gasteiger charge is -2.03. The summed E-state index contributed by atoms with van der Waals surface area (Å²) in [6, 6.07) is 1.38. The van der Waals surface area contributed by atoms with E-state index >= 15 is 0 Å². The highest BCUT2D eigenvalue weighted by atomic mass is 32.2. The van der Waals surface area contributed by atoms with Gasteiger partial charge in [0.15, 0.2) is 16.0 Å². The highest BCUT2D eigenvalue weighted by molar-refractivity contribution is 7.99. The van der Waals surface area contributed by atoms with Gasteiger partial charge in [0.1, 0.15) is 0 Å². The second kappa shape index (κ2) is 5.22. The SMILES string of the molecule is CCn1c(Sc2nc(C)cc(C(=O)O)n2)n[nH]c1=O. The molecule has 19 heavy (non-hydrogen) atoms. The molecule has 0 amide bonds. The number of aryl methyl sites for hydroxylation is 1. The molecular formula is C10H11N5O3S. The average Bonchev–Trinajstić information content (AvgIpc) is 2.69. The number of nitrogens with zero attached hydrogens (tertiary/aromatic N) is 4. The van der Waals surface area contributed by atoms with Crippen LogP contribution in [0.3, 0.4) is 0 Å². The van der Waals surface area contributed by atoms with Crippen molar-refractivity contribution >= 4 is 17.7 Å². The molecule has 2 aromatic heterocycles. The predicted octanol–water partition coefficient (Wildman–Crippen LogP) is 0.539. The molecule has 2 rings (SSSR count). The Bertz CT molecular complexity index is 678. The van der Waals surface area contributed by atoms with E-state index in [1.165, 1.54) is 10.6 Å². The summed E-state index contributed by atoms with van der Waals surface area (Å²) in [6.45, 7) is 3.94. The van der Waals surface area contributed by atoms with Crippen molar-refractivity contribution in [3.63, 3.8) is 0 Å². The molecule has 0 radical (unpaired) electrons. The van der Waals surface area contributed by atoms with Crippen molar-refractivity contribution in [1.82, 2.24) is 24.7 Å². The maximum absolute atomic E-state index is 11.4. The Balaban J connectivity index is 2.38. The van der Waals surface area contributed by atoms with Crippen LogP contribution in [0, 0.1) is 6.92 Å². The maximum atomic E-state index is 11.4. The number of carboxylic acids is 1. The standard InChI is InChI=1S/C10H11N5O3S/c1-3-15-9(18)13-14-10(15)19-8-11-5(2)4-6(12-8)7(16)17/h4H,3H2,1-2H3,(H,13,18)(H,16,17). The second-order valence-corrected chi connectivity index (χ2v) is 4.57. The fraction of sp³-hybridized carbons (Fsp3) is 0.300. The average molecular weight is 281 g/mol. The number of rotatable bonds is 4. The van der Waals surface area contributed by atoms with Crippen molar-refractivity contribution in [1.29, 1.82) is 0 Å². The lowest BCUT2D eigenvalue weighted by atomic mass is 10.3. The van der Waals surface area contributed by atoms with Crippen molar-refractivity contribution in [3.8, 4) is 0 Å². The smallest absolute Gasteiger partial charge is 0.354 e. The van der Waals surface area contributed by atoms with Crippen LogP contribution < -0.4 is 5.69 Å². The number of carboxylic acid groups (broad SMARTS) is 1. The molecule has 0 aliphatic carbocycles. The molecule has 0 spiro atoms. The molecular weight excluding hydrogens is 270 g/mol. The first kappa shape index (κ1) is 13.3. The lowest BCUT2D eigenvalue weighted by Crippen LogP contribution is -2.16. The molecule has 8 nitrogen and oxygen atoms in total. The third kappa shape index (κ3) is 2.81. The van der Waals surface area contributed by atoms with Crippen LogP contribution in [-0.4, -0.2) is 35.8 Å². The molecule has 9 heteroatoms. The molecule has 0 fully saturated rings. The van der Waals surface area contributed by atoms with E-state index in [1.54, 1.807) is 13.8 Å². The largest absolute Gasteiger partial charge is 0.477 e. The number of aromatic nitrogens is 5. The Kier molecular flexibility index (Phi) is 3.65. The van der Waals surface area contributed by atoms with Gasteiger partial charge >= 0.3 is 11.7 Å². The van der Waals surface area contributed by atoms with Gasteiger partial charge in [0.25, 0.3) is 0 Å². The lowest BCUT2D eigenvalue weighted by molar-refractivity contribution is 0.0689. The van der Waals surface area contributed by atoms with Crippen molar-refractivity contribution in [2.75, 3.05) is 0 Å². The molecule has 0 bridgehead atoms. The minimum absolute atomic E-state index is 0.0871. The van der Waals surface area contributed by atoms with Crippen molar-refractivity contribution in [2.24, 2.45) is 0 Å². The van der Waals surface area contributed by atoms with Crippen LogP contribution in [0.1, 0.15) is 23.1 Å². The number of carbonyl (C=O) groups is 1. The van der Waals surface area contributed by atoms with Gasteiger partial charge in [0.05, 0.1) is 0 Å². The number of hydrogen-bond donors (Lipinski definition) is 2. The van der Waals surface area contributed by atoms with E-state index in [-0.39, 0.29) is 16.5 Å². The minimum Gasteiger partial charge on any atom is -0.477 e. The summed E-state index contributed by atoms with van der Waals surface area (Å²) in [5, 5.41) is 15.7. The molecule has 2 aromatic rings. The Hall–Kier alpha value is -2.16. The number of hydrogen-bond acceptors (Lipinski definition) is 6. The summed E-state index contributed by atoms with van der Waals surface area (Å²) in [7, 11) is 0. The van der Waals surface area contributed by atoms with Crippen LogP contribution in [-0.2, 0) is 6.54 Å². The van der Waals surface area contributed by atoms with E-state index in [1.807, 2.05) is 0 Å². The topological polar surface area (TPSA) is 114 Å². The Morgan fingerprint density at radius 1 is 1.53 bits per heavy atom. The predicted molar refractivity (Wildman–Crippen MR) is 66.4 cm³/mol. The summed E-state index contributed by atoms with van der Waals surface area (Å²) in [6.07, 6.45) is 0. The number of nitrogens with one attached hydrogen (secondary N) is 1. The zero-order valence-electron chi connectivity index (χ0n) is 10.2. The van der Waals surface area contributed by atoms with Crippen molar-refractivity contribution in [3.05, 3.63) is 27.9 Å². The number of aromatic carboxylic acids is 1. The van der Waals surface area contributed by atoms with Crippen LogP contribution in [0.2, 0.25) is 0 Å². The molecule has 0 aliphatic rings. The van der Waals surface area contributed by atoms with Crippen molar-refractivity contribution < 1.29 is 9.90 Å². The molecule has 0 saturated heterocycles. The second-order valence-electron chi connectivity index (χ2n) is 3.64. The van der Waals surface area contributed by atoms with Crippen LogP contribution >= 0.6 is 11.8 Å². The van der Waals surface area contributed by atoms with Crippen LogP contribution in [0.25, 0.3) is 0 Å². The highest BCUT2D eigenvalue weighted by Gasteiger charge is 2.13. The van der Waals surface area contributed by atoms with E-state index in [0.717, 1.165) is 11.8 Å². The Labute approximate surface area is 111 Å². The molecule has 0 aliphatic heterocycles. The normalized spacial score (nSPS) is 10.6. The van der Waals surface area contributed by atoms with Gasteiger partial charge in [-0.1, -0.05) is 0 Å². The number of H-pyrrole nitrogens is 1. The van der Waals surface area contributed by atoms with E-state index in [9.17, 15) is 9.59 Å². The van der Waals surface area contributed by atoms with Crippen LogP contribution in [0.5, 0.6) is 0 Å². The summed E-state index contributed by atoms with van der Waals surface area (Å²) >= 11 is 1.04. The molecule has 100 valence electrons. The molecule has 2 heterocycles. The van der Waals surface area contributed by atoms with Gasteiger partial charge in [0.2, 0.25) is 0 Å². The molecule has 2 N–H and O–H groups in total. The van der Waals surface area contributed by atoms with Gasteiger partial charge in [-0.2, -0.15) is 0 Å². The fourth-order valence-electron chi connectivity index (χ4n) is 1.44. The quantitative estimate of drug-likeness (QED) is 0.786. The molecule has 0 unspecified atom stereocenters. The van der Waals surface area contributed by atoms with E-state index in [0.29, 0.717) is 17.4 Å². The Morgan fingerprint density at radius 3 is 2.89 bits per heavy atom. The van der Waals surface area contributed by atoms with Crippen LogP contribution in [0.4, 0.5) is 0 Å². The zero-order chi connectivity index (χ0) is 14.0. The molecule has 0 saturated carbocycles. The maximum Gasteiger partial charge on any atom is 0.354 e. The van der Waals surface area contributed by atoms with Gasteiger partial charge in [-0.3, -0.25) is 4.57 Å². The van der Waals surface area contributed by atoms with Crippen molar-refractivity contribution in [2.45, 2.75) is 30.7 Å². The third-order valence-corrected chi connectivity index (χ3v) is 3.13. The first-order valence-electron chi connectivity index (χ1n) is 5.43. The Morgan fingerprint density at radius 2 is 2.26 bits per heavy atom. The molecule has 0 atom stereocenters.